The predicted molar refractivity (Wildman–Crippen MR) is 117 cm³/mol. The minimum atomic E-state index is -1.19. The van der Waals surface area contributed by atoms with E-state index in [0.717, 1.165) is 5.56 Å². The van der Waals surface area contributed by atoms with Gasteiger partial charge in [0.2, 0.25) is 0 Å². The molecule has 2 aliphatic heterocycles. The Hall–Kier alpha value is -3.94. The van der Waals surface area contributed by atoms with Crippen LogP contribution in [0.25, 0.3) is 0 Å². The molecule has 2 aromatic rings. The number of carboxylic acid groups (broad SMARTS) is 1. The van der Waals surface area contributed by atoms with E-state index in [-0.39, 0.29) is 24.1 Å². The number of nitrogens with two attached hydrogens (primary N) is 2. The van der Waals surface area contributed by atoms with Gasteiger partial charge in [-0.2, -0.15) is 0 Å². The van der Waals surface area contributed by atoms with Crippen molar-refractivity contribution >= 4 is 29.6 Å². The van der Waals surface area contributed by atoms with Crippen LogP contribution in [0.4, 0.5) is 5.69 Å². The van der Waals surface area contributed by atoms with Crippen molar-refractivity contribution in [2.75, 3.05) is 6.61 Å². The predicted octanol–water partition coefficient (Wildman–Crippen LogP) is 2.34. The van der Waals surface area contributed by atoms with Crippen LogP contribution in [0.15, 0.2) is 64.6 Å². The Morgan fingerprint density at radius 2 is 1.97 bits per heavy atom. The molecule has 0 amide bonds. The topological polar surface area (TPSA) is 140 Å². The summed E-state index contributed by atoms with van der Waals surface area (Å²) in [6, 6.07) is 12.2. The summed E-state index contributed by atoms with van der Waals surface area (Å²) in [5.41, 5.74) is 12.2. The van der Waals surface area contributed by atoms with Gasteiger partial charge in [0, 0.05) is 17.7 Å². The molecule has 0 fully saturated rings. The number of nitrogens with zero attached hydrogens (tertiary/aromatic N) is 2. The molecule has 2 heterocycles. The van der Waals surface area contributed by atoms with E-state index >= 15 is 0 Å². The van der Waals surface area contributed by atoms with E-state index in [4.69, 9.17) is 21.3 Å². The molecule has 0 spiro atoms. The molecule has 2 unspecified atom stereocenters. The lowest BCUT2D eigenvalue weighted by atomic mass is 9.81. The van der Waals surface area contributed by atoms with Crippen LogP contribution < -0.4 is 16.2 Å². The molecule has 158 valence electrons. The van der Waals surface area contributed by atoms with Crippen LogP contribution in [0.3, 0.4) is 0 Å². The van der Waals surface area contributed by atoms with Crippen molar-refractivity contribution in [1.82, 2.24) is 0 Å². The lowest BCUT2D eigenvalue weighted by molar-refractivity contribution is -0.138. The number of ether oxygens (including phenoxy) is 1. The minimum Gasteiger partial charge on any atom is -0.493 e. The van der Waals surface area contributed by atoms with Crippen molar-refractivity contribution in [3.8, 4) is 5.75 Å². The molecule has 0 aromatic heterocycles. The number of aliphatic carboxylic acids is 1. The van der Waals surface area contributed by atoms with E-state index < -0.39 is 11.5 Å². The van der Waals surface area contributed by atoms with Gasteiger partial charge < -0.3 is 21.3 Å². The summed E-state index contributed by atoms with van der Waals surface area (Å²) in [5, 5.41) is 9.10. The smallest absolute Gasteiger partial charge is 0.303 e. The monoisotopic (exact) mass is 418 g/mol. The summed E-state index contributed by atoms with van der Waals surface area (Å²) in [5.74, 6) is -0.505. The first kappa shape index (κ1) is 20.3. The average Bonchev–Trinajstić information content (AvgIpc) is 3.23. The second-order valence-electron chi connectivity index (χ2n) is 7.62. The summed E-state index contributed by atoms with van der Waals surface area (Å²) in [6.45, 7) is 0.364. The van der Waals surface area contributed by atoms with Gasteiger partial charge in [0.15, 0.2) is 17.3 Å². The van der Waals surface area contributed by atoms with Gasteiger partial charge in [-0.3, -0.25) is 14.6 Å². The second kappa shape index (κ2) is 8.06. The van der Waals surface area contributed by atoms with Crippen LogP contribution in [-0.4, -0.2) is 35.6 Å². The highest BCUT2D eigenvalue weighted by molar-refractivity contribution is 6.08. The Morgan fingerprint density at radius 1 is 1.19 bits per heavy atom. The van der Waals surface area contributed by atoms with Gasteiger partial charge in [-0.05, 0) is 66.1 Å². The standard InChI is InChI=1S/C23H22N4O4/c24-22(25)27-18-5-2-15(3-6-18)21(30)23(8-1-9-26-23)17-4-7-19-16(12-17)10-14(13-31-19)11-20(28)29/h1-9,12,14H,10-11,13H2,(H,28,29)(H4,24,25,27). The van der Waals surface area contributed by atoms with Crippen LogP contribution in [0.2, 0.25) is 0 Å². The molecule has 31 heavy (non-hydrogen) atoms. The zero-order valence-corrected chi connectivity index (χ0v) is 16.7. The quantitative estimate of drug-likeness (QED) is 0.374. The highest BCUT2D eigenvalue weighted by Crippen LogP contribution is 2.38. The SMILES string of the molecule is NC(N)=Nc1ccc(C(=O)C2(c3ccc4c(c3)CC(CC(=O)O)CO4)C=CC=N2)cc1. The minimum absolute atomic E-state index is 0.0357. The Balaban J connectivity index is 1.67. The zero-order chi connectivity index (χ0) is 22.0. The number of hydrogen-bond acceptors (Lipinski definition) is 5. The normalized spacial score (nSPS) is 21.2. The molecule has 0 saturated carbocycles. The first-order valence-corrected chi connectivity index (χ1v) is 9.83. The van der Waals surface area contributed by atoms with Crippen LogP contribution in [0.1, 0.15) is 27.9 Å². The number of ketones is 1. The lowest BCUT2D eigenvalue weighted by Gasteiger charge is -2.28. The average molecular weight is 418 g/mol. The van der Waals surface area contributed by atoms with Crippen molar-refractivity contribution in [2.45, 2.75) is 18.4 Å². The molecule has 2 aliphatic rings. The highest BCUT2D eigenvalue weighted by atomic mass is 16.5. The first-order valence-electron chi connectivity index (χ1n) is 9.83. The summed E-state index contributed by atoms with van der Waals surface area (Å²) in [6.07, 6.45) is 5.72. The van der Waals surface area contributed by atoms with Crippen molar-refractivity contribution in [3.63, 3.8) is 0 Å². The molecule has 2 aromatic carbocycles. The van der Waals surface area contributed by atoms with E-state index in [1.807, 2.05) is 18.2 Å². The van der Waals surface area contributed by atoms with Gasteiger partial charge in [-0.1, -0.05) is 6.07 Å². The molecule has 4 rings (SSSR count). The number of aliphatic imine (C=N–C) groups is 2. The molecule has 8 nitrogen and oxygen atoms in total. The number of carbonyl (C=O) groups is 2. The summed E-state index contributed by atoms with van der Waals surface area (Å²) in [4.78, 5) is 33.1. The van der Waals surface area contributed by atoms with Gasteiger partial charge in [-0.15, -0.1) is 0 Å². The number of benzene rings is 2. The fourth-order valence-electron chi connectivity index (χ4n) is 3.95. The number of carboxylic acids is 1. The molecule has 2 atom stereocenters. The van der Waals surface area contributed by atoms with Crippen molar-refractivity contribution in [2.24, 2.45) is 27.4 Å². The number of fused-ring (bicyclic) bond motifs is 1. The maximum atomic E-state index is 13.5. The first-order chi connectivity index (χ1) is 14.9. The zero-order valence-electron chi connectivity index (χ0n) is 16.7. The van der Waals surface area contributed by atoms with Gasteiger partial charge in [0.1, 0.15) is 5.75 Å². The van der Waals surface area contributed by atoms with E-state index in [2.05, 4.69) is 9.98 Å². The van der Waals surface area contributed by atoms with E-state index in [9.17, 15) is 9.59 Å². The molecular formula is C23H22N4O4. The lowest BCUT2D eigenvalue weighted by Crippen LogP contribution is -2.31. The maximum absolute atomic E-state index is 13.5. The molecule has 0 bridgehead atoms. The Kier molecular flexibility index (Phi) is 5.29. The second-order valence-corrected chi connectivity index (χ2v) is 7.62. The number of Topliss-reactive ketones (excluding diaryl/α,β-unsaturated/α-hetero) is 1. The van der Waals surface area contributed by atoms with Crippen LogP contribution in [-0.2, 0) is 16.8 Å². The highest BCUT2D eigenvalue weighted by Gasteiger charge is 2.40. The fraction of sp³-hybridized carbons (Fsp3) is 0.217. The Bertz CT molecular complexity index is 1100. The van der Waals surface area contributed by atoms with Crippen LogP contribution >= 0.6 is 0 Å². The van der Waals surface area contributed by atoms with E-state index in [1.165, 1.54) is 0 Å². The molecule has 0 radical (unpaired) electrons. The van der Waals surface area contributed by atoms with Gasteiger partial charge in [-0.25, -0.2) is 4.99 Å². The summed E-state index contributed by atoms with van der Waals surface area (Å²) >= 11 is 0. The third-order valence-corrected chi connectivity index (χ3v) is 5.38. The van der Waals surface area contributed by atoms with Gasteiger partial charge in [0.05, 0.1) is 18.7 Å². The van der Waals surface area contributed by atoms with Gasteiger partial charge in [0.25, 0.3) is 0 Å². The summed E-state index contributed by atoms with van der Waals surface area (Å²) in [7, 11) is 0. The molecule has 5 N–H and O–H groups in total. The van der Waals surface area contributed by atoms with Crippen LogP contribution in [0.5, 0.6) is 5.75 Å². The van der Waals surface area contributed by atoms with E-state index in [0.29, 0.717) is 35.6 Å². The number of hydrogen-bond donors (Lipinski definition) is 3. The van der Waals surface area contributed by atoms with E-state index in [1.54, 1.807) is 42.6 Å². The van der Waals surface area contributed by atoms with Crippen LogP contribution in [0, 0.1) is 5.92 Å². The van der Waals surface area contributed by atoms with Crippen molar-refractivity contribution in [1.29, 1.82) is 0 Å². The van der Waals surface area contributed by atoms with Crippen molar-refractivity contribution in [3.05, 3.63) is 71.3 Å². The molecule has 8 heteroatoms. The Morgan fingerprint density at radius 3 is 2.61 bits per heavy atom. The molecule has 0 saturated heterocycles. The van der Waals surface area contributed by atoms with Gasteiger partial charge >= 0.3 is 5.97 Å². The largest absolute Gasteiger partial charge is 0.493 e. The number of guanidine groups is 1. The summed E-state index contributed by atoms with van der Waals surface area (Å²) < 4.78 is 5.74. The molecule has 0 aliphatic carbocycles. The molecular weight excluding hydrogens is 396 g/mol. The van der Waals surface area contributed by atoms with Crippen molar-refractivity contribution < 1.29 is 19.4 Å². The number of allylic oxidation sites excluding steroid dienone is 1. The third-order valence-electron chi connectivity index (χ3n) is 5.38. The maximum Gasteiger partial charge on any atom is 0.303 e. The fourth-order valence-corrected chi connectivity index (χ4v) is 3.95. The number of carbonyl (C=O) groups excluding carboxylic acids is 1. The Labute approximate surface area is 179 Å². The number of rotatable bonds is 6. The third kappa shape index (κ3) is 4.05.